The lowest BCUT2D eigenvalue weighted by atomic mass is 10.2. The van der Waals surface area contributed by atoms with E-state index in [2.05, 4.69) is 10.6 Å². The molecule has 0 unspecified atom stereocenters. The second-order valence-corrected chi connectivity index (χ2v) is 4.03. The van der Waals surface area contributed by atoms with Crippen LogP contribution in [-0.4, -0.2) is 7.05 Å². The molecule has 2 nitrogen and oxygen atoms in total. The van der Waals surface area contributed by atoms with Crippen molar-refractivity contribution in [3.63, 3.8) is 0 Å². The molecule has 100 valence electrons. The van der Waals surface area contributed by atoms with E-state index in [1.54, 1.807) is 19.2 Å². The van der Waals surface area contributed by atoms with Gasteiger partial charge in [-0.05, 0) is 36.4 Å². The Labute approximate surface area is 109 Å². The fourth-order valence-electron chi connectivity index (χ4n) is 1.69. The van der Waals surface area contributed by atoms with Crippen LogP contribution in [0.3, 0.4) is 0 Å². The minimum absolute atomic E-state index is 0.406. The van der Waals surface area contributed by atoms with Crippen molar-refractivity contribution in [2.45, 2.75) is 6.18 Å². The van der Waals surface area contributed by atoms with Gasteiger partial charge in [-0.15, -0.1) is 0 Å². The number of rotatable bonds is 3. The molecule has 0 atom stereocenters. The molecule has 2 rings (SSSR count). The van der Waals surface area contributed by atoms with Crippen LogP contribution in [0.15, 0.2) is 48.5 Å². The number of hydrogen-bond donors (Lipinski definition) is 2. The zero-order valence-corrected chi connectivity index (χ0v) is 10.3. The second kappa shape index (κ2) is 5.22. The van der Waals surface area contributed by atoms with Gasteiger partial charge in [0.1, 0.15) is 0 Å². The summed E-state index contributed by atoms with van der Waals surface area (Å²) >= 11 is 0. The Morgan fingerprint density at radius 3 is 2.05 bits per heavy atom. The van der Waals surface area contributed by atoms with Crippen molar-refractivity contribution >= 4 is 17.1 Å². The zero-order valence-electron chi connectivity index (χ0n) is 10.3. The highest BCUT2D eigenvalue weighted by molar-refractivity contribution is 5.64. The summed E-state index contributed by atoms with van der Waals surface area (Å²) in [6, 6.07) is 12.4. The average Bonchev–Trinajstić information content (AvgIpc) is 2.38. The zero-order chi connectivity index (χ0) is 13.9. The molecular weight excluding hydrogens is 253 g/mol. The Balaban J connectivity index is 2.23. The normalized spacial score (nSPS) is 11.2. The second-order valence-electron chi connectivity index (χ2n) is 4.03. The van der Waals surface area contributed by atoms with Gasteiger partial charge < -0.3 is 10.6 Å². The molecule has 0 saturated carbocycles. The van der Waals surface area contributed by atoms with Crippen molar-refractivity contribution in [3.8, 4) is 0 Å². The highest BCUT2D eigenvalue weighted by Crippen LogP contribution is 2.31. The van der Waals surface area contributed by atoms with Crippen LogP contribution in [0, 0.1) is 0 Å². The van der Waals surface area contributed by atoms with E-state index >= 15 is 0 Å². The number of halogens is 3. The van der Waals surface area contributed by atoms with E-state index in [0.29, 0.717) is 5.69 Å². The molecule has 0 radical (unpaired) electrons. The lowest BCUT2D eigenvalue weighted by Gasteiger charge is -2.11. The number of anilines is 3. The molecule has 0 aliphatic rings. The van der Waals surface area contributed by atoms with Crippen LogP contribution in [0.4, 0.5) is 30.2 Å². The maximum atomic E-state index is 12.6. The third-order valence-corrected chi connectivity index (χ3v) is 2.63. The number of hydrogen-bond acceptors (Lipinski definition) is 2. The summed E-state index contributed by atoms with van der Waals surface area (Å²) in [5.74, 6) is 0. The van der Waals surface area contributed by atoms with Crippen LogP contribution in [0.1, 0.15) is 5.56 Å². The summed E-state index contributed by atoms with van der Waals surface area (Å²) in [6.45, 7) is 0. The van der Waals surface area contributed by atoms with Gasteiger partial charge in [0.2, 0.25) is 0 Å². The Kier molecular flexibility index (Phi) is 3.64. The fourth-order valence-corrected chi connectivity index (χ4v) is 1.69. The van der Waals surface area contributed by atoms with Gasteiger partial charge in [-0.1, -0.05) is 12.1 Å². The van der Waals surface area contributed by atoms with Gasteiger partial charge in [0.05, 0.1) is 5.56 Å². The summed E-state index contributed by atoms with van der Waals surface area (Å²) < 4.78 is 37.8. The Morgan fingerprint density at radius 2 is 1.42 bits per heavy atom. The monoisotopic (exact) mass is 266 g/mol. The smallest absolute Gasteiger partial charge is 0.388 e. The molecule has 0 saturated heterocycles. The highest BCUT2D eigenvalue weighted by Gasteiger charge is 2.30. The van der Waals surface area contributed by atoms with E-state index in [0.717, 1.165) is 23.5 Å². The molecular formula is C14H13F3N2. The molecule has 0 amide bonds. The van der Waals surface area contributed by atoms with Gasteiger partial charge in [0.25, 0.3) is 0 Å². The molecule has 2 N–H and O–H groups in total. The Bertz CT molecular complexity index is 565. The molecule has 0 aliphatic heterocycles. The van der Waals surface area contributed by atoms with E-state index in [9.17, 15) is 13.2 Å². The number of nitrogens with one attached hydrogen (secondary N) is 2. The van der Waals surface area contributed by atoms with Crippen molar-refractivity contribution in [1.82, 2.24) is 0 Å². The molecule has 0 fully saturated rings. The Hall–Kier alpha value is -2.17. The third-order valence-electron chi connectivity index (χ3n) is 2.63. The van der Waals surface area contributed by atoms with Gasteiger partial charge in [-0.3, -0.25) is 0 Å². The van der Waals surface area contributed by atoms with Gasteiger partial charge >= 0.3 is 6.18 Å². The van der Waals surface area contributed by atoms with Crippen molar-refractivity contribution in [2.75, 3.05) is 17.7 Å². The van der Waals surface area contributed by atoms with Crippen molar-refractivity contribution in [2.24, 2.45) is 0 Å². The lowest BCUT2D eigenvalue weighted by Crippen LogP contribution is -2.05. The van der Waals surface area contributed by atoms with E-state index in [1.165, 1.54) is 6.07 Å². The van der Waals surface area contributed by atoms with Crippen LogP contribution >= 0.6 is 0 Å². The molecule has 19 heavy (non-hydrogen) atoms. The van der Waals surface area contributed by atoms with Crippen LogP contribution in [0.2, 0.25) is 0 Å². The molecule has 0 aliphatic carbocycles. The summed E-state index contributed by atoms with van der Waals surface area (Å²) in [5.41, 5.74) is 1.36. The van der Waals surface area contributed by atoms with Crippen LogP contribution in [0.5, 0.6) is 0 Å². The molecule has 0 heterocycles. The molecule has 0 aromatic heterocycles. The molecule has 0 bridgehead atoms. The topological polar surface area (TPSA) is 24.1 Å². The van der Waals surface area contributed by atoms with Crippen LogP contribution in [-0.2, 0) is 6.18 Å². The Morgan fingerprint density at radius 1 is 0.842 bits per heavy atom. The number of alkyl halides is 3. The van der Waals surface area contributed by atoms with E-state index in [-0.39, 0.29) is 0 Å². The minimum atomic E-state index is -4.33. The standard InChI is InChI=1S/C14H13F3N2/c1-18-11-5-3-7-13(9-11)19-12-6-2-4-10(8-12)14(15,16)17/h2-9,18-19H,1H3. The van der Waals surface area contributed by atoms with Gasteiger partial charge in [0.15, 0.2) is 0 Å². The maximum Gasteiger partial charge on any atom is 0.416 e. The van der Waals surface area contributed by atoms with E-state index < -0.39 is 11.7 Å². The third kappa shape index (κ3) is 3.40. The average molecular weight is 266 g/mol. The molecule has 0 spiro atoms. The van der Waals surface area contributed by atoms with E-state index in [1.807, 2.05) is 18.2 Å². The first-order valence-corrected chi connectivity index (χ1v) is 5.71. The lowest BCUT2D eigenvalue weighted by molar-refractivity contribution is -0.137. The number of benzene rings is 2. The van der Waals surface area contributed by atoms with Gasteiger partial charge in [-0.2, -0.15) is 13.2 Å². The predicted octanol–water partition coefficient (Wildman–Crippen LogP) is 4.49. The van der Waals surface area contributed by atoms with Gasteiger partial charge in [0, 0.05) is 24.1 Å². The molecule has 2 aromatic carbocycles. The van der Waals surface area contributed by atoms with Crippen LogP contribution in [0.25, 0.3) is 0 Å². The first-order valence-electron chi connectivity index (χ1n) is 5.71. The quantitative estimate of drug-likeness (QED) is 0.855. The summed E-state index contributed by atoms with van der Waals surface area (Å²) in [5, 5.41) is 5.92. The highest BCUT2D eigenvalue weighted by atomic mass is 19.4. The molecule has 5 heteroatoms. The summed E-state index contributed by atoms with van der Waals surface area (Å²) in [4.78, 5) is 0. The summed E-state index contributed by atoms with van der Waals surface area (Å²) in [6.07, 6.45) is -4.33. The summed E-state index contributed by atoms with van der Waals surface area (Å²) in [7, 11) is 1.78. The van der Waals surface area contributed by atoms with Crippen molar-refractivity contribution in [1.29, 1.82) is 0 Å². The van der Waals surface area contributed by atoms with Crippen molar-refractivity contribution in [3.05, 3.63) is 54.1 Å². The largest absolute Gasteiger partial charge is 0.416 e. The fraction of sp³-hybridized carbons (Fsp3) is 0.143. The van der Waals surface area contributed by atoms with E-state index in [4.69, 9.17) is 0 Å². The van der Waals surface area contributed by atoms with Gasteiger partial charge in [-0.25, -0.2) is 0 Å². The first kappa shape index (κ1) is 13.3. The first-order chi connectivity index (χ1) is 8.99. The maximum absolute atomic E-state index is 12.6. The SMILES string of the molecule is CNc1cccc(Nc2cccc(C(F)(F)F)c2)c1. The van der Waals surface area contributed by atoms with Crippen molar-refractivity contribution < 1.29 is 13.2 Å². The predicted molar refractivity (Wildman–Crippen MR) is 70.7 cm³/mol. The minimum Gasteiger partial charge on any atom is -0.388 e. The van der Waals surface area contributed by atoms with Crippen LogP contribution < -0.4 is 10.6 Å². The molecule has 2 aromatic rings.